The van der Waals surface area contributed by atoms with Crippen LogP contribution in [-0.2, 0) is 4.79 Å². The highest BCUT2D eigenvalue weighted by Gasteiger charge is 2.30. The van der Waals surface area contributed by atoms with E-state index in [0.29, 0.717) is 6.04 Å². The summed E-state index contributed by atoms with van der Waals surface area (Å²) in [5.74, 6) is 1.48. The normalized spacial score (nSPS) is 25.1. The number of hydrogen-bond acceptors (Lipinski definition) is 3. The molecule has 0 bridgehead atoms. The van der Waals surface area contributed by atoms with Crippen LogP contribution in [0.2, 0.25) is 0 Å². The van der Waals surface area contributed by atoms with Gasteiger partial charge in [0.25, 0.3) is 0 Å². The molecule has 1 fully saturated rings. The van der Waals surface area contributed by atoms with Crippen LogP contribution in [0.15, 0.2) is 0 Å². The highest BCUT2D eigenvalue weighted by Crippen LogP contribution is 2.21. The fraction of sp³-hybridized carbons (Fsp3) is 0.909. The van der Waals surface area contributed by atoms with Crippen molar-refractivity contribution in [2.75, 3.05) is 18.1 Å². The molecular formula is C11H21NO2S. The fourth-order valence-electron chi connectivity index (χ4n) is 2.03. The van der Waals surface area contributed by atoms with Crippen molar-refractivity contribution in [3.63, 3.8) is 0 Å². The van der Waals surface area contributed by atoms with Crippen molar-refractivity contribution < 1.29 is 9.90 Å². The van der Waals surface area contributed by atoms with Gasteiger partial charge in [0.15, 0.2) is 0 Å². The van der Waals surface area contributed by atoms with E-state index in [1.165, 1.54) is 0 Å². The minimum Gasteiger partial charge on any atom is -0.480 e. The van der Waals surface area contributed by atoms with Gasteiger partial charge in [-0.15, -0.1) is 0 Å². The molecule has 0 saturated carbocycles. The quantitative estimate of drug-likeness (QED) is 0.786. The molecule has 1 N–H and O–H groups in total. The maximum atomic E-state index is 11.2. The van der Waals surface area contributed by atoms with Crippen LogP contribution in [-0.4, -0.2) is 46.1 Å². The molecule has 0 aromatic heterocycles. The van der Waals surface area contributed by atoms with Crippen molar-refractivity contribution in [1.29, 1.82) is 0 Å². The molecule has 1 rings (SSSR count). The molecule has 1 aliphatic heterocycles. The first-order chi connectivity index (χ1) is 7.16. The summed E-state index contributed by atoms with van der Waals surface area (Å²) in [6.45, 7) is 5.16. The standard InChI is InChI=1S/C11H21NO2S/c1-3-4-5-10(11(13)14)12-6-7-15-8-9(12)2/h9-10H,3-8H2,1-2H3,(H,13,14). The molecule has 2 atom stereocenters. The van der Waals surface area contributed by atoms with E-state index in [-0.39, 0.29) is 6.04 Å². The minimum atomic E-state index is -0.651. The second-order valence-electron chi connectivity index (χ2n) is 4.16. The number of rotatable bonds is 5. The first kappa shape index (κ1) is 12.8. The Balaban J connectivity index is 2.56. The van der Waals surface area contributed by atoms with Crippen LogP contribution in [0.25, 0.3) is 0 Å². The van der Waals surface area contributed by atoms with Gasteiger partial charge in [0.2, 0.25) is 0 Å². The van der Waals surface area contributed by atoms with Gasteiger partial charge in [0.05, 0.1) is 0 Å². The second kappa shape index (κ2) is 6.38. The lowest BCUT2D eigenvalue weighted by Crippen LogP contribution is -2.50. The zero-order valence-corrected chi connectivity index (χ0v) is 10.4. The summed E-state index contributed by atoms with van der Waals surface area (Å²) in [6, 6.07) is 0.141. The molecule has 4 heteroatoms. The summed E-state index contributed by atoms with van der Waals surface area (Å²) >= 11 is 1.93. The third kappa shape index (κ3) is 3.68. The number of aliphatic carboxylic acids is 1. The topological polar surface area (TPSA) is 40.5 Å². The Morgan fingerprint density at radius 1 is 1.67 bits per heavy atom. The van der Waals surface area contributed by atoms with Gasteiger partial charge in [0.1, 0.15) is 6.04 Å². The molecule has 88 valence electrons. The van der Waals surface area contributed by atoms with Gasteiger partial charge in [-0.25, -0.2) is 0 Å². The van der Waals surface area contributed by atoms with E-state index in [2.05, 4.69) is 18.7 Å². The number of carbonyl (C=O) groups is 1. The monoisotopic (exact) mass is 231 g/mol. The van der Waals surface area contributed by atoms with Crippen LogP contribution in [0.5, 0.6) is 0 Å². The van der Waals surface area contributed by atoms with E-state index in [1.807, 2.05) is 11.8 Å². The number of thioether (sulfide) groups is 1. The van der Waals surface area contributed by atoms with Gasteiger partial charge in [-0.2, -0.15) is 11.8 Å². The lowest BCUT2D eigenvalue weighted by Gasteiger charge is -2.37. The minimum absolute atomic E-state index is 0.263. The molecule has 2 unspecified atom stereocenters. The number of nitrogens with zero attached hydrogens (tertiary/aromatic N) is 1. The SMILES string of the molecule is CCCCC(C(=O)O)N1CCSCC1C. The van der Waals surface area contributed by atoms with Crippen molar-refractivity contribution in [3.8, 4) is 0 Å². The first-order valence-corrected chi connectivity index (χ1v) is 6.88. The maximum Gasteiger partial charge on any atom is 0.320 e. The van der Waals surface area contributed by atoms with Gasteiger partial charge in [-0.1, -0.05) is 19.8 Å². The van der Waals surface area contributed by atoms with E-state index in [9.17, 15) is 9.90 Å². The molecule has 0 aromatic carbocycles. The number of unbranched alkanes of at least 4 members (excludes halogenated alkanes) is 1. The zero-order chi connectivity index (χ0) is 11.3. The third-order valence-corrected chi connectivity index (χ3v) is 4.12. The Morgan fingerprint density at radius 3 is 2.93 bits per heavy atom. The summed E-state index contributed by atoms with van der Waals surface area (Å²) in [5, 5.41) is 9.22. The molecule has 1 aliphatic rings. The van der Waals surface area contributed by atoms with E-state index < -0.39 is 5.97 Å². The summed E-state index contributed by atoms with van der Waals surface area (Å²) in [5.41, 5.74) is 0. The Kier molecular flexibility index (Phi) is 5.47. The van der Waals surface area contributed by atoms with Crippen molar-refractivity contribution >= 4 is 17.7 Å². The Hall–Kier alpha value is -0.220. The van der Waals surface area contributed by atoms with Crippen LogP contribution in [0, 0.1) is 0 Å². The molecule has 0 radical (unpaired) electrons. The molecule has 15 heavy (non-hydrogen) atoms. The number of carboxylic acids is 1. The van der Waals surface area contributed by atoms with Crippen molar-refractivity contribution in [3.05, 3.63) is 0 Å². The molecule has 0 aromatic rings. The first-order valence-electron chi connectivity index (χ1n) is 5.73. The van der Waals surface area contributed by atoms with Gasteiger partial charge in [0, 0.05) is 24.1 Å². The van der Waals surface area contributed by atoms with Gasteiger partial charge < -0.3 is 5.11 Å². The van der Waals surface area contributed by atoms with E-state index in [4.69, 9.17) is 0 Å². The van der Waals surface area contributed by atoms with Crippen LogP contribution in [0.4, 0.5) is 0 Å². The Labute approximate surface area is 96.2 Å². The average molecular weight is 231 g/mol. The Morgan fingerprint density at radius 2 is 2.40 bits per heavy atom. The van der Waals surface area contributed by atoms with E-state index >= 15 is 0 Å². The summed E-state index contributed by atoms with van der Waals surface area (Å²) in [6.07, 6.45) is 2.87. The predicted octanol–water partition coefficient (Wildman–Crippen LogP) is 2.07. The lowest BCUT2D eigenvalue weighted by atomic mass is 10.1. The van der Waals surface area contributed by atoms with Crippen LogP contribution in [0.1, 0.15) is 33.1 Å². The molecule has 0 amide bonds. The molecular weight excluding hydrogens is 210 g/mol. The summed E-state index contributed by atoms with van der Waals surface area (Å²) in [7, 11) is 0. The van der Waals surface area contributed by atoms with Crippen LogP contribution < -0.4 is 0 Å². The van der Waals surface area contributed by atoms with Crippen molar-refractivity contribution in [2.24, 2.45) is 0 Å². The highest BCUT2D eigenvalue weighted by atomic mass is 32.2. The average Bonchev–Trinajstić information content (AvgIpc) is 2.20. The lowest BCUT2D eigenvalue weighted by molar-refractivity contribution is -0.144. The summed E-state index contributed by atoms with van der Waals surface area (Å²) < 4.78 is 0. The predicted molar refractivity (Wildman–Crippen MR) is 64.4 cm³/mol. The largest absolute Gasteiger partial charge is 0.480 e. The smallest absolute Gasteiger partial charge is 0.320 e. The van der Waals surface area contributed by atoms with Gasteiger partial charge in [-0.05, 0) is 13.3 Å². The maximum absolute atomic E-state index is 11.2. The van der Waals surface area contributed by atoms with Crippen LogP contribution >= 0.6 is 11.8 Å². The third-order valence-electron chi connectivity index (χ3n) is 2.94. The molecule has 3 nitrogen and oxygen atoms in total. The zero-order valence-electron chi connectivity index (χ0n) is 9.61. The van der Waals surface area contributed by atoms with Crippen molar-refractivity contribution in [1.82, 2.24) is 4.90 Å². The van der Waals surface area contributed by atoms with E-state index in [0.717, 1.165) is 37.3 Å². The molecule has 1 saturated heterocycles. The number of carboxylic acid groups (broad SMARTS) is 1. The van der Waals surface area contributed by atoms with Gasteiger partial charge in [-0.3, -0.25) is 9.69 Å². The summed E-state index contributed by atoms with van der Waals surface area (Å²) in [4.78, 5) is 13.4. The molecule has 0 spiro atoms. The second-order valence-corrected chi connectivity index (χ2v) is 5.31. The van der Waals surface area contributed by atoms with Gasteiger partial charge >= 0.3 is 5.97 Å². The highest BCUT2D eigenvalue weighted by molar-refractivity contribution is 7.99. The fourth-order valence-corrected chi connectivity index (χ4v) is 3.07. The van der Waals surface area contributed by atoms with Crippen molar-refractivity contribution in [2.45, 2.75) is 45.2 Å². The molecule has 1 heterocycles. The number of hydrogen-bond donors (Lipinski definition) is 1. The van der Waals surface area contributed by atoms with E-state index in [1.54, 1.807) is 0 Å². The van der Waals surface area contributed by atoms with Crippen LogP contribution in [0.3, 0.4) is 0 Å². The molecule has 0 aliphatic carbocycles. The Bertz CT molecular complexity index is 211.